The summed E-state index contributed by atoms with van der Waals surface area (Å²) in [5, 5.41) is 16.9. The molecule has 1 aromatic carbocycles. The van der Waals surface area contributed by atoms with E-state index in [9.17, 15) is 9.59 Å². The number of aromatic nitrogens is 3. The molecule has 0 amide bonds. The molecule has 3 rings (SSSR count). The van der Waals surface area contributed by atoms with Crippen LogP contribution in [0.2, 0.25) is 0 Å². The second-order valence-electron chi connectivity index (χ2n) is 5.91. The molecule has 0 aliphatic heterocycles. The molecule has 0 unspecified atom stereocenters. The van der Waals surface area contributed by atoms with E-state index in [2.05, 4.69) is 10.2 Å². The van der Waals surface area contributed by atoms with Crippen molar-refractivity contribution in [1.29, 1.82) is 0 Å². The van der Waals surface area contributed by atoms with E-state index in [1.54, 1.807) is 6.20 Å². The minimum absolute atomic E-state index is 0.0897. The van der Waals surface area contributed by atoms with Gasteiger partial charge in [0, 0.05) is 12.7 Å². The maximum atomic E-state index is 12.2. The smallest absolute Gasteiger partial charge is 0.308 e. The number of aliphatic carboxylic acids is 1. The van der Waals surface area contributed by atoms with E-state index in [1.807, 2.05) is 38.1 Å². The number of rotatable bonds is 7. The van der Waals surface area contributed by atoms with Crippen LogP contribution in [0.25, 0.3) is 10.2 Å². The Kier molecular flexibility index (Phi) is 5.32. The van der Waals surface area contributed by atoms with E-state index in [0.29, 0.717) is 5.75 Å². The van der Waals surface area contributed by atoms with Gasteiger partial charge in [-0.2, -0.15) is 10.2 Å². The number of benzene rings is 1. The number of carboxylic acids is 1. The highest BCUT2D eigenvalue weighted by Gasteiger charge is 2.17. The van der Waals surface area contributed by atoms with Crippen LogP contribution >= 0.6 is 11.3 Å². The van der Waals surface area contributed by atoms with Crippen LogP contribution in [0.5, 0.6) is 5.75 Å². The SMILES string of the molecule is CC[C@@H](Oc1cc2sc(=O)n(CCC(=O)O)c2cc1C)c1cccnn1. The van der Waals surface area contributed by atoms with Crippen LogP contribution in [0.15, 0.2) is 35.3 Å². The third-order valence-electron chi connectivity index (χ3n) is 4.08. The van der Waals surface area contributed by atoms with Crippen molar-refractivity contribution in [3.8, 4) is 5.75 Å². The van der Waals surface area contributed by atoms with E-state index in [4.69, 9.17) is 9.84 Å². The van der Waals surface area contributed by atoms with E-state index in [1.165, 1.54) is 4.57 Å². The Morgan fingerprint density at radius 3 is 2.88 bits per heavy atom. The van der Waals surface area contributed by atoms with Crippen molar-refractivity contribution in [2.75, 3.05) is 0 Å². The van der Waals surface area contributed by atoms with Gasteiger partial charge in [-0.25, -0.2) is 0 Å². The van der Waals surface area contributed by atoms with Gasteiger partial charge in [-0.3, -0.25) is 14.2 Å². The minimum Gasteiger partial charge on any atom is -0.484 e. The fourth-order valence-electron chi connectivity index (χ4n) is 2.73. The van der Waals surface area contributed by atoms with Gasteiger partial charge in [0.2, 0.25) is 0 Å². The number of hydrogen-bond acceptors (Lipinski definition) is 6. The largest absolute Gasteiger partial charge is 0.484 e. The molecule has 3 aromatic rings. The Labute approximate surface area is 153 Å². The summed E-state index contributed by atoms with van der Waals surface area (Å²) in [4.78, 5) is 22.8. The van der Waals surface area contributed by atoms with E-state index in [-0.39, 0.29) is 23.9 Å². The molecule has 0 radical (unpaired) electrons. The number of fused-ring (bicyclic) bond motifs is 1. The summed E-state index contributed by atoms with van der Waals surface area (Å²) in [5.41, 5.74) is 2.36. The zero-order chi connectivity index (χ0) is 18.7. The van der Waals surface area contributed by atoms with Crippen LogP contribution in [-0.4, -0.2) is 25.8 Å². The molecule has 0 saturated carbocycles. The van der Waals surface area contributed by atoms with Crippen LogP contribution in [0, 0.1) is 6.92 Å². The molecule has 136 valence electrons. The van der Waals surface area contributed by atoms with E-state index in [0.717, 1.165) is 39.2 Å². The number of hydrogen-bond donors (Lipinski definition) is 1. The van der Waals surface area contributed by atoms with Crippen LogP contribution in [0.3, 0.4) is 0 Å². The van der Waals surface area contributed by atoms with Gasteiger partial charge >= 0.3 is 10.8 Å². The molecule has 8 heteroatoms. The molecule has 26 heavy (non-hydrogen) atoms. The molecule has 0 fully saturated rings. The van der Waals surface area contributed by atoms with Gasteiger partial charge in [-0.15, -0.1) is 0 Å². The second-order valence-corrected chi connectivity index (χ2v) is 6.91. The van der Waals surface area contributed by atoms with Gasteiger partial charge in [0.15, 0.2) is 0 Å². The summed E-state index contributed by atoms with van der Waals surface area (Å²) in [7, 11) is 0. The number of aryl methyl sites for hydroxylation is 2. The molecule has 0 saturated heterocycles. The van der Waals surface area contributed by atoms with Crippen LogP contribution < -0.4 is 9.61 Å². The predicted molar refractivity (Wildman–Crippen MR) is 98.8 cm³/mol. The molecule has 0 bridgehead atoms. The zero-order valence-corrected chi connectivity index (χ0v) is 15.3. The number of ether oxygens (including phenoxy) is 1. The number of carbonyl (C=O) groups is 1. The van der Waals surface area contributed by atoms with Gasteiger partial charge in [-0.1, -0.05) is 18.3 Å². The van der Waals surface area contributed by atoms with Crippen molar-refractivity contribution in [2.45, 2.75) is 39.3 Å². The molecule has 0 spiro atoms. The summed E-state index contributed by atoms with van der Waals surface area (Å²) >= 11 is 1.09. The molecule has 2 aromatic heterocycles. The first-order valence-corrected chi connectivity index (χ1v) is 9.11. The number of nitrogens with zero attached hydrogens (tertiary/aromatic N) is 3. The summed E-state index contributed by atoms with van der Waals surface area (Å²) in [6.45, 7) is 4.07. The Bertz CT molecular complexity index is 981. The topological polar surface area (TPSA) is 94.3 Å². The standard InChI is InChI=1S/C18H19N3O4S/c1-3-14(12-5-4-7-19-20-12)25-15-10-16-13(9-11(15)2)21(18(24)26-16)8-6-17(22)23/h4-5,7,9-10,14H,3,6,8H2,1-2H3,(H,22,23)/t14-/m1/s1. The summed E-state index contributed by atoms with van der Waals surface area (Å²) < 4.78 is 8.41. The van der Waals surface area contributed by atoms with Crippen LogP contribution in [0.4, 0.5) is 0 Å². The quantitative estimate of drug-likeness (QED) is 0.684. The zero-order valence-electron chi connectivity index (χ0n) is 14.5. The molecule has 2 heterocycles. The maximum Gasteiger partial charge on any atom is 0.308 e. The Morgan fingerprint density at radius 1 is 1.42 bits per heavy atom. The van der Waals surface area contributed by atoms with Gasteiger partial charge < -0.3 is 9.84 Å². The second kappa shape index (κ2) is 7.65. The van der Waals surface area contributed by atoms with Crippen molar-refractivity contribution < 1.29 is 14.6 Å². The van der Waals surface area contributed by atoms with E-state index < -0.39 is 5.97 Å². The predicted octanol–water partition coefficient (Wildman–Crippen LogP) is 3.17. The van der Waals surface area contributed by atoms with Crippen molar-refractivity contribution >= 4 is 27.5 Å². The van der Waals surface area contributed by atoms with Crippen LogP contribution in [0.1, 0.15) is 37.1 Å². The third kappa shape index (κ3) is 3.75. The molecule has 7 nitrogen and oxygen atoms in total. The molecule has 0 aliphatic carbocycles. The molecular weight excluding hydrogens is 354 g/mol. The highest BCUT2D eigenvalue weighted by molar-refractivity contribution is 7.16. The minimum atomic E-state index is -0.928. The lowest BCUT2D eigenvalue weighted by atomic mass is 10.1. The van der Waals surface area contributed by atoms with Gasteiger partial charge in [0.1, 0.15) is 17.5 Å². The highest BCUT2D eigenvalue weighted by atomic mass is 32.1. The van der Waals surface area contributed by atoms with Crippen molar-refractivity contribution in [3.05, 3.63) is 51.4 Å². The Morgan fingerprint density at radius 2 is 2.23 bits per heavy atom. The van der Waals surface area contributed by atoms with Crippen LogP contribution in [-0.2, 0) is 11.3 Å². The average molecular weight is 373 g/mol. The summed E-state index contributed by atoms with van der Waals surface area (Å²) in [6.07, 6.45) is 2.02. The first kappa shape index (κ1) is 18.1. The fourth-order valence-corrected chi connectivity index (χ4v) is 3.66. The summed E-state index contributed by atoms with van der Waals surface area (Å²) in [6, 6.07) is 7.40. The molecule has 0 aliphatic rings. The van der Waals surface area contributed by atoms with Gasteiger partial charge in [0.05, 0.1) is 16.6 Å². The van der Waals surface area contributed by atoms with E-state index >= 15 is 0 Å². The monoisotopic (exact) mass is 373 g/mol. The first-order valence-electron chi connectivity index (χ1n) is 8.29. The van der Waals surface area contributed by atoms with Gasteiger partial charge in [0.25, 0.3) is 0 Å². The Hall–Kier alpha value is -2.74. The van der Waals surface area contributed by atoms with Crippen molar-refractivity contribution in [3.63, 3.8) is 0 Å². The van der Waals surface area contributed by atoms with Crippen molar-refractivity contribution in [2.24, 2.45) is 0 Å². The number of carboxylic acid groups (broad SMARTS) is 1. The normalized spacial score (nSPS) is 12.2. The van der Waals surface area contributed by atoms with Crippen molar-refractivity contribution in [1.82, 2.24) is 14.8 Å². The lowest BCUT2D eigenvalue weighted by Crippen LogP contribution is -2.15. The lowest BCUT2D eigenvalue weighted by molar-refractivity contribution is -0.137. The molecule has 1 atom stereocenters. The third-order valence-corrected chi connectivity index (χ3v) is 5.02. The Balaban J connectivity index is 1.94. The fraction of sp³-hybridized carbons (Fsp3) is 0.333. The lowest BCUT2D eigenvalue weighted by Gasteiger charge is -2.18. The average Bonchev–Trinajstić information content (AvgIpc) is 2.92. The van der Waals surface area contributed by atoms with Gasteiger partial charge in [-0.05, 0) is 43.2 Å². The highest BCUT2D eigenvalue weighted by Crippen LogP contribution is 2.31. The maximum absolute atomic E-state index is 12.2. The first-order chi connectivity index (χ1) is 12.5. The summed E-state index contributed by atoms with van der Waals surface area (Å²) in [5.74, 6) is -0.246. The molecular formula is C18H19N3O4S. The number of thiazole rings is 1. The molecule has 1 N–H and O–H groups in total.